The predicted octanol–water partition coefficient (Wildman–Crippen LogP) is -1.31. The van der Waals surface area contributed by atoms with Gasteiger partial charge in [-0.25, -0.2) is 9.97 Å². The molecule has 0 aliphatic rings. The topological polar surface area (TPSA) is 56.0 Å². The number of aromatic nitrogens is 3. The highest BCUT2D eigenvalue weighted by atomic mass is 127. The van der Waals surface area contributed by atoms with Crippen molar-refractivity contribution in [3.63, 3.8) is 0 Å². The number of thioether (sulfide) groups is 1. The number of halogens is 1. The Hall–Kier alpha value is -1.22. The molecule has 21 heavy (non-hydrogen) atoms. The standard InChI is InChI=1S/C14H16N3O2S.HI/c1-19-13(18)5-10-20-11-17-8-3-12(4-9-17)14-15-6-2-7-16-14;/h2-4,6-9H,5,10-11H2,1H3;1H/q+1;/p-1. The molecule has 0 aromatic carbocycles. The normalized spacial score (nSPS) is 9.76. The minimum absolute atomic E-state index is 0. The van der Waals surface area contributed by atoms with Crippen molar-refractivity contribution >= 4 is 17.7 Å². The molecule has 0 unspecified atom stereocenters. The number of ether oxygens (including phenoxy) is 1. The summed E-state index contributed by atoms with van der Waals surface area (Å²) in [5.74, 6) is 2.10. The fourth-order valence-corrected chi connectivity index (χ4v) is 2.39. The summed E-state index contributed by atoms with van der Waals surface area (Å²) in [6.45, 7) is 0. The zero-order chi connectivity index (χ0) is 14.2. The Bertz CT molecular complexity index is 552. The van der Waals surface area contributed by atoms with Gasteiger partial charge in [0, 0.05) is 35.8 Å². The van der Waals surface area contributed by atoms with Crippen molar-refractivity contribution in [1.29, 1.82) is 0 Å². The first-order valence-corrected chi connectivity index (χ1v) is 7.36. The van der Waals surface area contributed by atoms with E-state index in [4.69, 9.17) is 0 Å². The van der Waals surface area contributed by atoms with Crippen molar-refractivity contribution in [3.05, 3.63) is 43.0 Å². The van der Waals surface area contributed by atoms with Gasteiger partial charge in [-0.1, -0.05) is 11.8 Å². The van der Waals surface area contributed by atoms with E-state index in [1.807, 2.05) is 29.1 Å². The quantitative estimate of drug-likeness (QED) is 0.253. The second-order valence-corrected chi connectivity index (χ2v) is 5.11. The van der Waals surface area contributed by atoms with Gasteiger partial charge in [-0.05, 0) is 6.07 Å². The third-order valence-electron chi connectivity index (χ3n) is 2.63. The Labute approximate surface area is 145 Å². The van der Waals surface area contributed by atoms with Crippen LogP contribution in [0.25, 0.3) is 11.4 Å². The number of hydrogen-bond acceptors (Lipinski definition) is 5. The summed E-state index contributed by atoms with van der Waals surface area (Å²) in [5.41, 5.74) is 0.987. The number of pyridine rings is 1. The largest absolute Gasteiger partial charge is 1.00 e. The van der Waals surface area contributed by atoms with Crippen LogP contribution in [0.15, 0.2) is 43.0 Å². The molecule has 0 bridgehead atoms. The molecule has 0 spiro atoms. The highest BCUT2D eigenvalue weighted by molar-refractivity contribution is 7.98. The Morgan fingerprint density at radius 2 is 1.95 bits per heavy atom. The van der Waals surface area contributed by atoms with E-state index in [2.05, 4.69) is 14.7 Å². The van der Waals surface area contributed by atoms with Gasteiger partial charge in [-0.2, -0.15) is 4.57 Å². The zero-order valence-electron chi connectivity index (χ0n) is 11.6. The average molecular weight is 417 g/mol. The monoisotopic (exact) mass is 417 g/mol. The number of carbonyl (C=O) groups excluding carboxylic acids is 1. The molecule has 0 aliphatic carbocycles. The van der Waals surface area contributed by atoms with E-state index in [9.17, 15) is 4.79 Å². The predicted molar refractivity (Wildman–Crippen MR) is 76.8 cm³/mol. The van der Waals surface area contributed by atoms with Crippen molar-refractivity contribution in [2.75, 3.05) is 12.9 Å². The molecule has 0 saturated carbocycles. The van der Waals surface area contributed by atoms with Crippen LogP contribution in [0.4, 0.5) is 0 Å². The van der Waals surface area contributed by atoms with Gasteiger partial charge in [-0.15, -0.1) is 0 Å². The molecule has 2 aromatic rings. The summed E-state index contributed by atoms with van der Waals surface area (Å²) in [6.07, 6.45) is 7.86. The highest BCUT2D eigenvalue weighted by Gasteiger charge is 2.05. The zero-order valence-corrected chi connectivity index (χ0v) is 14.6. The third-order valence-corrected chi connectivity index (χ3v) is 3.61. The highest BCUT2D eigenvalue weighted by Crippen LogP contribution is 2.11. The molecule has 2 rings (SSSR count). The molecule has 112 valence electrons. The lowest BCUT2D eigenvalue weighted by Crippen LogP contribution is -3.00. The Balaban J connectivity index is 0.00000220. The van der Waals surface area contributed by atoms with E-state index in [0.29, 0.717) is 6.42 Å². The minimum atomic E-state index is -0.168. The Morgan fingerprint density at radius 1 is 1.29 bits per heavy atom. The number of esters is 1. The van der Waals surface area contributed by atoms with Crippen molar-refractivity contribution in [3.8, 4) is 11.4 Å². The molecule has 7 heteroatoms. The Morgan fingerprint density at radius 3 is 2.57 bits per heavy atom. The van der Waals surface area contributed by atoms with Gasteiger partial charge in [0.2, 0.25) is 0 Å². The van der Waals surface area contributed by atoms with Crippen LogP contribution in [0.2, 0.25) is 0 Å². The van der Waals surface area contributed by atoms with Crippen LogP contribution >= 0.6 is 11.8 Å². The summed E-state index contributed by atoms with van der Waals surface area (Å²) in [5, 5.41) is 0. The molecule has 2 heterocycles. The number of carbonyl (C=O) groups is 1. The van der Waals surface area contributed by atoms with Gasteiger partial charge in [0.1, 0.15) is 0 Å². The van der Waals surface area contributed by atoms with E-state index in [1.54, 1.807) is 30.2 Å². The first-order chi connectivity index (χ1) is 9.79. The van der Waals surface area contributed by atoms with Crippen molar-refractivity contribution in [1.82, 2.24) is 9.97 Å². The number of nitrogens with zero attached hydrogens (tertiary/aromatic N) is 3. The van der Waals surface area contributed by atoms with Crippen molar-refractivity contribution in [2.24, 2.45) is 0 Å². The second-order valence-electron chi connectivity index (χ2n) is 4.04. The maximum atomic E-state index is 11.0. The minimum Gasteiger partial charge on any atom is -1.00 e. The maximum absolute atomic E-state index is 11.0. The summed E-state index contributed by atoms with van der Waals surface area (Å²) >= 11 is 1.68. The van der Waals surface area contributed by atoms with Crippen LogP contribution in [-0.2, 0) is 15.4 Å². The lowest BCUT2D eigenvalue weighted by Gasteiger charge is -2.00. The number of hydrogen-bond donors (Lipinski definition) is 0. The average Bonchev–Trinajstić information content (AvgIpc) is 2.52. The molecule has 0 amide bonds. The SMILES string of the molecule is COC(=O)CCSC[n+]1ccc(-c2ncccn2)cc1.[I-]. The van der Waals surface area contributed by atoms with Crippen LogP contribution in [-0.4, -0.2) is 28.8 Å². The summed E-state index contributed by atoms with van der Waals surface area (Å²) in [6, 6.07) is 5.76. The molecule has 0 radical (unpaired) electrons. The lowest BCUT2D eigenvalue weighted by molar-refractivity contribution is -0.675. The van der Waals surface area contributed by atoms with Crippen LogP contribution < -0.4 is 28.5 Å². The van der Waals surface area contributed by atoms with Gasteiger partial charge in [0.05, 0.1) is 13.5 Å². The molecular weight excluding hydrogens is 401 g/mol. The summed E-state index contributed by atoms with van der Waals surface area (Å²) in [7, 11) is 1.41. The summed E-state index contributed by atoms with van der Waals surface area (Å²) in [4.78, 5) is 19.4. The van der Waals surface area contributed by atoms with Crippen LogP contribution in [0.5, 0.6) is 0 Å². The molecule has 5 nitrogen and oxygen atoms in total. The lowest BCUT2D eigenvalue weighted by atomic mass is 10.2. The van der Waals surface area contributed by atoms with Crippen molar-refractivity contribution in [2.45, 2.75) is 12.3 Å². The van der Waals surface area contributed by atoms with Gasteiger partial charge in [-0.3, -0.25) is 4.79 Å². The van der Waals surface area contributed by atoms with Crippen LogP contribution in [0.1, 0.15) is 6.42 Å². The number of methoxy groups -OCH3 is 1. The number of rotatable bonds is 6. The first-order valence-electron chi connectivity index (χ1n) is 6.20. The van der Waals surface area contributed by atoms with E-state index < -0.39 is 0 Å². The molecule has 2 aromatic heterocycles. The third kappa shape index (κ3) is 5.96. The van der Waals surface area contributed by atoms with Crippen LogP contribution in [0, 0.1) is 0 Å². The Kier molecular flexibility index (Phi) is 8.21. The second kappa shape index (κ2) is 9.67. The van der Waals surface area contributed by atoms with E-state index in [1.165, 1.54) is 7.11 Å². The van der Waals surface area contributed by atoms with Crippen molar-refractivity contribution < 1.29 is 38.1 Å². The fraction of sp³-hybridized carbons (Fsp3) is 0.286. The first kappa shape index (κ1) is 17.8. The van der Waals surface area contributed by atoms with E-state index in [0.717, 1.165) is 23.0 Å². The van der Waals surface area contributed by atoms with E-state index in [-0.39, 0.29) is 29.9 Å². The molecular formula is C14H16IN3O2S. The van der Waals surface area contributed by atoms with Gasteiger partial charge < -0.3 is 28.7 Å². The van der Waals surface area contributed by atoms with Gasteiger partial charge in [0.15, 0.2) is 24.1 Å². The molecule has 0 atom stereocenters. The van der Waals surface area contributed by atoms with Crippen LogP contribution in [0.3, 0.4) is 0 Å². The molecule has 0 N–H and O–H groups in total. The summed E-state index contributed by atoms with van der Waals surface area (Å²) < 4.78 is 6.64. The van der Waals surface area contributed by atoms with Gasteiger partial charge in [0.25, 0.3) is 0 Å². The molecule has 0 fully saturated rings. The molecule has 0 saturated heterocycles. The molecule has 0 aliphatic heterocycles. The van der Waals surface area contributed by atoms with Gasteiger partial charge >= 0.3 is 5.97 Å². The fourth-order valence-electron chi connectivity index (χ4n) is 1.57. The van der Waals surface area contributed by atoms with E-state index >= 15 is 0 Å². The smallest absolute Gasteiger partial charge is 0.306 e. The maximum Gasteiger partial charge on any atom is 0.306 e.